The average molecular weight is 419 g/mol. The van der Waals surface area contributed by atoms with E-state index in [9.17, 15) is 4.39 Å². The fraction of sp³-hybridized carbons (Fsp3) is 0.333. The van der Waals surface area contributed by atoms with Crippen molar-refractivity contribution in [2.45, 2.75) is 38.9 Å². The summed E-state index contributed by atoms with van der Waals surface area (Å²) in [5.41, 5.74) is 5.39. The van der Waals surface area contributed by atoms with Crippen LogP contribution in [0.4, 0.5) is 10.3 Å². The average Bonchev–Trinajstić information content (AvgIpc) is 3.34. The Balaban J connectivity index is 1.30. The van der Waals surface area contributed by atoms with Gasteiger partial charge >= 0.3 is 0 Å². The molecule has 1 fully saturated rings. The number of nitrogens with zero attached hydrogens (tertiary/aromatic N) is 4. The van der Waals surface area contributed by atoms with Crippen LogP contribution in [0, 0.1) is 12.7 Å². The summed E-state index contributed by atoms with van der Waals surface area (Å²) in [5.74, 6) is 0.668. The summed E-state index contributed by atoms with van der Waals surface area (Å²) in [6.45, 7) is 5.68. The van der Waals surface area contributed by atoms with E-state index in [1.165, 1.54) is 12.1 Å². The van der Waals surface area contributed by atoms with Gasteiger partial charge in [0, 0.05) is 31.4 Å². The van der Waals surface area contributed by atoms with Crippen LogP contribution in [0.1, 0.15) is 29.8 Å². The molecule has 1 aliphatic heterocycles. The van der Waals surface area contributed by atoms with E-state index in [1.54, 1.807) is 6.33 Å². The Hall–Kier alpha value is -3.19. The molecule has 0 amide bonds. The first-order valence-corrected chi connectivity index (χ1v) is 10.8. The molecular weight excluding hydrogens is 391 g/mol. The van der Waals surface area contributed by atoms with Gasteiger partial charge in [-0.2, -0.15) is 0 Å². The van der Waals surface area contributed by atoms with Crippen LogP contribution in [0.5, 0.6) is 0 Å². The predicted octanol–water partition coefficient (Wildman–Crippen LogP) is 4.33. The maximum absolute atomic E-state index is 13.3. The zero-order valence-corrected chi connectivity index (χ0v) is 17.7. The number of para-hydroxylation sites is 2. The summed E-state index contributed by atoms with van der Waals surface area (Å²) in [7, 11) is 0. The highest BCUT2D eigenvalue weighted by molar-refractivity contribution is 5.78. The second kappa shape index (κ2) is 8.51. The Labute approximate surface area is 181 Å². The number of fused-ring (bicyclic) bond motifs is 1. The van der Waals surface area contributed by atoms with Gasteiger partial charge in [0.25, 0.3) is 0 Å². The molecule has 0 unspecified atom stereocenters. The second-order valence-corrected chi connectivity index (χ2v) is 8.31. The van der Waals surface area contributed by atoms with E-state index < -0.39 is 0 Å². The van der Waals surface area contributed by atoms with Crippen molar-refractivity contribution in [2.24, 2.45) is 0 Å². The van der Waals surface area contributed by atoms with Gasteiger partial charge in [0.2, 0.25) is 5.95 Å². The number of aromatic nitrogens is 4. The third-order valence-corrected chi connectivity index (χ3v) is 6.14. The van der Waals surface area contributed by atoms with Crippen LogP contribution in [0.15, 0.2) is 54.9 Å². The molecule has 0 aliphatic carbocycles. The van der Waals surface area contributed by atoms with Crippen molar-refractivity contribution in [1.29, 1.82) is 0 Å². The Morgan fingerprint density at radius 1 is 1.06 bits per heavy atom. The first kappa shape index (κ1) is 19.8. The van der Waals surface area contributed by atoms with E-state index in [4.69, 9.17) is 4.98 Å². The number of hydrogen-bond acceptors (Lipinski definition) is 4. The minimum atomic E-state index is -0.214. The van der Waals surface area contributed by atoms with Gasteiger partial charge in [0.1, 0.15) is 5.82 Å². The quantitative estimate of drug-likeness (QED) is 0.489. The summed E-state index contributed by atoms with van der Waals surface area (Å²) in [4.78, 5) is 14.9. The lowest BCUT2D eigenvalue weighted by Gasteiger charge is -2.32. The number of anilines is 1. The minimum Gasteiger partial charge on any atom is -0.353 e. The number of likely N-dealkylation sites (tertiary alicyclic amines) is 1. The van der Waals surface area contributed by atoms with E-state index in [2.05, 4.69) is 37.7 Å². The summed E-state index contributed by atoms with van der Waals surface area (Å²) in [6, 6.07) is 15.2. The molecule has 0 bridgehead atoms. The molecule has 0 radical (unpaired) electrons. The molecule has 0 spiro atoms. The highest BCUT2D eigenvalue weighted by Gasteiger charge is 2.22. The summed E-state index contributed by atoms with van der Waals surface area (Å²) in [5, 5.41) is 3.69. The van der Waals surface area contributed by atoms with Gasteiger partial charge in [-0.05, 0) is 49.6 Å². The maximum atomic E-state index is 13.3. The van der Waals surface area contributed by atoms with Crippen molar-refractivity contribution < 1.29 is 4.39 Å². The standard InChI is InChI=1S/C24H27FN6/c1-17-22(27-16-26-17)15-30-12-10-20(11-13-30)28-24-29-21-4-2-3-5-23(21)31(24)14-18-6-8-19(25)9-7-18/h2-9,16,20H,10-15H2,1H3,(H,26,27)(H,28,29). The van der Waals surface area contributed by atoms with Gasteiger partial charge in [-0.3, -0.25) is 4.90 Å². The van der Waals surface area contributed by atoms with Gasteiger partial charge in [0.15, 0.2) is 0 Å². The van der Waals surface area contributed by atoms with Crippen molar-refractivity contribution in [3.8, 4) is 0 Å². The lowest BCUT2D eigenvalue weighted by atomic mass is 10.0. The van der Waals surface area contributed by atoms with Gasteiger partial charge in [-0.25, -0.2) is 14.4 Å². The van der Waals surface area contributed by atoms with Crippen LogP contribution in [-0.4, -0.2) is 43.6 Å². The number of halogens is 1. The number of aryl methyl sites for hydroxylation is 1. The third-order valence-electron chi connectivity index (χ3n) is 6.14. The van der Waals surface area contributed by atoms with Gasteiger partial charge in [-0.15, -0.1) is 0 Å². The number of H-pyrrole nitrogens is 1. The van der Waals surface area contributed by atoms with Crippen LogP contribution >= 0.6 is 0 Å². The minimum absolute atomic E-state index is 0.214. The normalized spacial score (nSPS) is 15.5. The lowest BCUT2D eigenvalue weighted by molar-refractivity contribution is 0.208. The zero-order valence-electron chi connectivity index (χ0n) is 17.7. The first-order valence-electron chi connectivity index (χ1n) is 10.8. The fourth-order valence-corrected chi connectivity index (χ4v) is 4.29. The topological polar surface area (TPSA) is 61.8 Å². The van der Waals surface area contributed by atoms with Gasteiger partial charge < -0.3 is 14.9 Å². The molecule has 2 aromatic carbocycles. The monoisotopic (exact) mass is 418 g/mol. The molecule has 160 valence electrons. The molecular formula is C24H27FN6. The fourth-order valence-electron chi connectivity index (χ4n) is 4.29. The van der Waals surface area contributed by atoms with Crippen molar-refractivity contribution in [2.75, 3.05) is 18.4 Å². The summed E-state index contributed by atoms with van der Waals surface area (Å²) in [6.07, 6.45) is 3.89. The second-order valence-electron chi connectivity index (χ2n) is 8.31. The Kier molecular flexibility index (Phi) is 5.42. The third kappa shape index (κ3) is 4.32. The Morgan fingerprint density at radius 2 is 1.84 bits per heavy atom. The smallest absolute Gasteiger partial charge is 0.204 e. The molecule has 3 heterocycles. The number of rotatable bonds is 6. The summed E-state index contributed by atoms with van der Waals surface area (Å²) < 4.78 is 15.5. The molecule has 4 aromatic rings. The van der Waals surface area contributed by atoms with Crippen LogP contribution < -0.4 is 5.32 Å². The molecule has 5 rings (SSSR count). The van der Waals surface area contributed by atoms with Crippen molar-refractivity contribution in [1.82, 2.24) is 24.4 Å². The molecule has 0 saturated carbocycles. The zero-order chi connectivity index (χ0) is 21.2. The van der Waals surface area contributed by atoms with E-state index in [0.29, 0.717) is 12.6 Å². The molecule has 2 aromatic heterocycles. The van der Waals surface area contributed by atoms with E-state index in [-0.39, 0.29) is 5.82 Å². The molecule has 2 N–H and O–H groups in total. The summed E-state index contributed by atoms with van der Waals surface area (Å²) >= 11 is 0. The molecule has 0 atom stereocenters. The van der Waals surface area contributed by atoms with Crippen molar-refractivity contribution >= 4 is 17.0 Å². The lowest BCUT2D eigenvalue weighted by Crippen LogP contribution is -2.39. The van der Waals surface area contributed by atoms with E-state index >= 15 is 0 Å². The predicted molar refractivity (Wildman–Crippen MR) is 120 cm³/mol. The van der Waals surface area contributed by atoms with Crippen LogP contribution in [0.2, 0.25) is 0 Å². The molecule has 1 aliphatic rings. The largest absolute Gasteiger partial charge is 0.353 e. The number of imidazole rings is 2. The number of aromatic amines is 1. The molecule has 31 heavy (non-hydrogen) atoms. The van der Waals surface area contributed by atoms with Gasteiger partial charge in [-0.1, -0.05) is 24.3 Å². The maximum Gasteiger partial charge on any atom is 0.204 e. The van der Waals surface area contributed by atoms with Crippen LogP contribution in [-0.2, 0) is 13.1 Å². The highest BCUT2D eigenvalue weighted by atomic mass is 19.1. The number of benzene rings is 2. The number of nitrogens with one attached hydrogen (secondary N) is 2. The SMILES string of the molecule is Cc1[nH]cnc1CN1CCC(Nc2nc3ccccc3n2Cc2ccc(F)cc2)CC1. The van der Waals surface area contributed by atoms with Crippen LogP contribution in [0.25, 0.3) is 11.0 Å². The van der Waals surface area contributed by atoms with Crippen molar-refractivity contribution in [3.05, 3.63) is 77.6 Å². The molecule has 6 nitrogen and oxygen atoms in total. The highest BCUT2D eigenvalue weighted by Crippen LogP contribution is 2.24. The van der Waals surface area contributed by atoms with E-state index in [0.717, 1.165) is 66.4 Å². The van der Waals surface area contributed by atoms with Crippen molar-refractivity contribution in [3.63, 3.8) is 0 Å². The molecule has 1 saturated heterocycles. The van der Waals surface area contributed by atoms with Gasteiger partial charge in [0.05, 0.1) is 29.6 Å². The first-order chi connectivity index (χ1) is 15.2. The number of piperidine rings is 1. The Morgan fingerprint density at radius 3 is 2.58 bits per heavy atom. The number of hydrogen-bond donors (Lipinski definition) is 2. The molecule has 7 heteroatoms. The van der Waals surface area contributed by atoms with Crippen LogP contribution in [0.3, 0.4) is 0 Å². The Bertz CT molecular complexity index is 1150. The van der Waals surface area contributed by atoms with E-state index in [1.807, 2.05) is 30.3 Å².